The number of rotatable bonds is 9. The van der Waals surface area contributed by atoms with Crippen LogP contribution in [0.25, 0.3) is 11.3 Å². The Morgan fingerprint density at radius 3 is 2.44 bits per heavy atom. The molecule has 0 fully saturated rings. The summed E-state index contributed by atoms with van der Waals surface area (Å²) in [7, 11) is -4.33. The summed E-state index contributed by atoms with van der Waals surface area (Å²) in [6.07, 6.45) is 0.237. The summed E-state index contributed by atoms with van der Waals surface area (Å²) >= 11 is 1.53. The van der Waals surface area contributed by atoms with Crippen LogP contribution in [0.5, 0.6) is 0 Å². The van der Waals surface area contributed by atoms with Gasteiger partial charge in [0, 0.05) is 16.9 Å². The molecule has 2 aromatic carbocycles. The summed E-state index contributed by atoms with van der Waals surface area (Å²) in [6.45, 7) is 3.60. The molecule has 0 saturated carbocycles. The first-order valence-electron chi connectivity index (χ1n) is 9.84. The Morgan fingerprint density at radius 1 is 1.19 bits per heavy atom. The van der Waals surface area contributed by atoms with Crippen molar-refractivity contribution in [2.24, 2.45) is 5.73 Å². The highest BCUT2D eigenvalue weighted by atomic mass is 32.2. The van der Waals surface area contributed by atoms with Crippen molar-refractivity contribution >= 4 is 33.4 Å². The quantitative estimate of drug-likeness (QED) is 0.387. The fraction of sp³-hybridized carbons (Fsp3) is 0.273. The number of nitrogens with two attached hydrogens (primary N) is 1. The highest BCUT2D eigenvalue weighted by Gasteiger charge is 2.29. The number of thiazole rings is 1. The lowest BCUT2D eigenvalue weighted by molar-refractivity contribution is 0.0336. The van der Waals surface area contributed by atoms with Gasteiger partial charge in [0.25, 0.3) is 0 Å². The van der Waals surface area contributed by atoms with E-state index in [1.807, 2.05) is 40.4 Å². The van der Waals surface area contributed by atoms with Gasteiger partial charge in [-0.3, -0.25) is 9.27 Å². The Morgan fingerprint density at radius 2 is 1.84 bits per heavy atom. The molecule has 0 radical (unpaired) electrons. The first-order valence-corrected chi connectivity index (χ1v) is 12.2. The number of aromatic nitrogens is 1. The Labute approximate surface area is 191 Å². The van der Waals surface area contributed by atoms with E-state index in [2.05, 4.69) is 0 Å². The average Bonchev–Trinajstić information content (AvgIpc) is 3.17. The van der Waals surface area contributed by atoms with Gasteiger partial charge in [-0.15, -0.1) is 11.3 Å². The second kappa shape index (κ2) is 9.68. The number of carbonyl (C=O) groups excluding carboxylic acids is 1. The summed E-state index contributed by atoms with van der Waals surface area (Å²) in [4.78, 5) is 16.2. The van der Waals surface area contributed by atoms with E-state index in [-0.39, 0.29) is 11.6 Å². The zero-order valence-electron chi connectivity index (χ0n) is 17.7. The van der Waals surface area contributed by atoms with Crippen molar-refractivity contribution in [1.29, 1.82) is 0 Å². The van der Waals surface area contributed by atoms with E-state index in [4.69, 9.17) is 20.0 Å². The zero-order valence-corrected chi connectivity index (χ0v) is 19.3. The van der Waals surface area contributed by atoms with E-state index < -0.39 is 22.0 Å². The number of anilines is 1. The molecular formula is C22H25N3O5S2. The Bertz CT molecular complexity index is 1160. The van der Waals surface area contributed by atoms with Gasteiger partial charge in [0.1, 0.15) is 5.60 Å². The van der Waals surface area contributed by atoms with E-state index in [9.17, 15) is 13.2 Å². The predicted molar refractivity (Wildman–Crippen MR) is 125 cm³/mol. The number of nitrogens with one attached hydrogen (secondary N) is 1. The highest BCUT2D eigenvalue weighted by Crippen LogP contribution is 2.35. The van der Waals surface area contributed by atoms with E-state index in [0.29, 0.717) is 12.8 Å². The molecule has 0 saturated heterocycles. The minimum atomic E-state index is -4.33. The van der Waals surface area contributed by atoms with Crippen molar-refractivity contribution in [3.05, 3.63) is 70.5 Å². The van der Waals surface area contributed by atoms with Crippen LogP contribution in [0.15, 0.2) is 60.0 Å². The molecule has 32 heavy (non-hydrogen) atoms. The summed E-state index contributed by atoms with van der Waals surface area (Å²) in [5.41, 5.74) is 7.51. The second-order valence-corrected chi connectivity index (χ2v) is 10.0. The minimum absolute atomic E-state index is 0.0767. The molecule has 0 unspecified atom stereocenters. The van der Waals surface area contributed by atoms with Crippen LogP contribution in [0.2, 0.25) is 0 Å². The van der Waals surface area contributed by atoms with Crippen LogP contribution in [0.4, 0.5) is 10.5 Å². The molecule has 1 atom stereocenters. The van der Waals surface area contributed by atoms with Gasteiger partial charge in [-0.2, -0.15) is 8.42 Å². The number of ether oxygens (including phenoxy) is 1. The van der Waals surface area contributed by atoms with E-state index >= 15 is 0 Å². The minimum Gasteiger partial charge on any atom is -0.444 e. The van der Waals surface area contributed by atoms with Gasteiger partial charge in [0.05, 0.1) is 16.4 Å². The molecular weight excluding hydrogens is 450 g/mol. The number of benzene rings is 2. The van der Waals surface area contributed by atoms with Crippen molar-refractivity contribution in [1.82, 2.24) is 4.98 Å². The van der Waals surface area contributed by atoms with Crippen LogP contribution in [-0.4, -0.2) is 29.6 Å². The lowest BCUT2D eigenvalue weighted by Crippen LogP contribution is -2.33. The molecule has 3 aromatic rings. The maximum absolute atomic E-state index is 11.3. The van der Waals surface area contributed by atoms with Crippen molar-refractivity contribution in [3.63, 3.8) is 0 Å². The van der Waals surface area contributed by atoms with Gasteiger partial charge in [0.2, 0.25) is 0 Å². The highest BCUT2D eigenvalue weighted by molar-refractivity contribution is 7.87. The monoisotopic (exact) mass is 475 g/mol. The molecule has 8 nitrogen and oxygen atoms in total. The molecule has 0 spiro atoms. The largest absolute Gasteiger partial charge is 0.444 e. The third-order valence-electron chi connectivity index (χ3n) is 4.74. The van der Waals surface area contributed by atoms with Crippen LogP contribution in [0, 0.1) is 0 Å². The number of hydrogen-bond acceptors (Lipinski definition) is 6. The SMILES string of the molecule is CC(C)(C[C@H](Cc1ccc(NS(=O)(=O)O)cc1)c1nc(-c2ccccc2)cs1)OC(N)=O. The Hall–Kier alpha value is -2.95. The number of carbonyl (C=O) groups is 1. The van der Waals surface area contributed by atoms with Crippen LogP contribution in [0.1, 0.15) is 36.8 Å². The molecule has 170 valence electrons. The third kappa shape index (κ3) is 7.04. The molecule has 0 aliphatic carbocycles. The van der Waals surface area contributed by atoms with Crippen LogP contribution in [0.3, 0.4) is 0 Å². The van der Waals surface area contributed by atoms with Gasteiger partial charge in [0.15, 0.2) is 0 Å². The topological polar surface area (TPSA) is 132 Å². The van der Waals surface area contributed by atoms with E-state index in [1.54, 1.807) is 38.1 Å². The molecule has 1 heterocycles. The number of amides is 1. The van der Waals surface area contributed by atoms with Gasteiger partial charge < -0.3 is 10.5 Å². The van der Waals surface area contributed by atoms with E-state index in [0.717, 1.165) is 21.8 Å². The fourth-order valence-electron chi connectivity index (χ4n) is 3.51. The summed E-state index contributed by atoms with van der Waals surface area (Å²) < 4.78 is 38.3. The maximum Gasteiger partial charge on any atom is 0.405 e. The van der Waals surface area contributed by atoms with Gasteiger partial charge in [-0.1, -0.05) is 42.5 Å². The average molecular weight is 476 g/mol. The van der Waals surface area contributed by atoms with E-state index in [1.165, 1.54) is 11.3 Å². The van der Waals surface area contributed by atoms with Crippen LogP contribution < -0.4 is 10.5 Å². The molecule has 4 N–H and O–H groups in total. The first-order chi connectivity index (χ1) is 15.0. The first kappa shape index (κ1) is 23.7. The normalized spacial score (nSPS) is 12.8. The predicted octanol–water partition coefficient (Wildman–Crippen LogP) is 4.62. The molecule has 0 bridgehead atoms. The maximum atomic E-state index is 11.3. The number of hydrogen-bond donors (Lipinski definition) is 3. The molecule has 3 rings (SSSR count). The van der Waals surface area contributed by atoms with Crippen LogP contribution in [-0.2, 0) is 21.5 Å². The Balaban J connectivity index is 1.86. The Kier molecular flexibility index (Phi) is 7.17. The molecule has 10 heteroatoms. The number of nitrogens with zero attached hydrogens (tertiary/aromatic N) is 1. The van der Waals surface area contributed by atoms with Crippen LogP contribution >= 0.6 is 11.3 Å². The smallest absolute Gasteiger partial charge is 0.405 e. The van der Waals surface area contributed by atoms with Crippen molar-refractivity contribution < 1.29 is 22.5 Å². The lowest BCUT2D eigenvalue weighted by Gasteiger charge is -2.28. The van der Waals surface area contributed by atoms with Crippen molar-refractivity contribution in [2.45, 2.75) is 38.2 Å². The second-order valence-electron chi connectivity index (χ2n) is 8.00. The zero-order chi connectivity index (χ0) is 23.4. The lowest BCUT2D eigenvalue weighted by atomic mass is 9.88. The fourth-order valence-corrected chi connectivity index (χ4v) is 4.88. The molecule has 0 aliphatic rings. The summed E-state index contributed by atoms with van der Waals surface area (Å²) in [6, 6.07) is 16.5. The standard InChI is InChI=1S/C22H25N3O5S2/c1-22(2,30-21(23)26)13-17(12-15-8-10-18(11-9-15)25-32(27,28)29)20-24-19(14-31-20)16-6-4-3-5-7-16/h3-11,14,17,25H,12-13H2,1-2H3,(H2,23,26)(H,27,28,29)/t17-/m0/s1. The van der Waals surface area contributed by atoms with Gasteiger partial charge >= 0.3 is 16.4 Å². The molecule has 1 amide bonds. The van der Waals surface area contributed by atoms with Gasteiger partial charge in [-0.05, 0) is 44.4 Å². The summed E-state index contributed by atoms with van der Waals surface area (Å²) in [5.74, 6) is -0.0767. The third-order valence-corrected chi connectivity index (χ3v) is 6.24. The molecule has 1 aromatic heterocycles. The van der Waals surface area contributed by atoms with Crippen molar-refractivity contribution in [3.8, 4) is 11.3 Å². The molecule has 0 aliphatic heterocycles. The van der Waals surface area contributed by atoms with Crippen molar-refractivity contribution in [2.75, 3.05) is 4.72 Å². The number of primary amides is 1. The summed E-state index contributed by atoms with van der Waals surface area (Å²) in [5, 5.41) is 2.89. The van der Waals surface area contributed by atoms with Gasteiger partial charge in [-0.25, -0.2) is 9.78 Å².